The molecule has 0 radical (unpaired) electrons. The van der Waals surface area contributed by atoms with Crippen molar-refractivity contribution in [2.24, 2.45) is 0 Å². The third-order valence-corrected chi connectivity index (χ3v) is 6.37. The van der Waals surface area contributed by atoms with Gasteiger partial charge in [0.1, 0.15) is 0 Å². The lowest BCUT2D eigenvalue weighted by Crippen LogP contribution is -1.95. The summed E-state index contributed by atoms with van der Waals surface area (Å²) in [5.74, 6) is 0. The molecule has 0 unspecified atom stereocenters. The Bertz CT molecular complexity index is 273. The normalized spacial score (nSPS) is 10.5. The van der Waals surface area contributed by atoms with Crippen LogP contribution in [0.15, 0.2) is 12.1 Å². The van der Waals surface area contributed by atoms with Crippen LogP contribution in [0.4, 0.5) is 0 Å². The van der Waals surface area contributed by atoms with Gasteiger partial charge in [0, 0.05) is 21.0 Å². The molecule has 0 heterocycles. The van der Waals surface area contributed by atoms with Crippen molar-refractivity contribution in [2.75, 3.05) is 0 Å². The molecular weight excluding hydrogens is 493 g/mol. The topological polar surface area (TPSA) is 0 Å². The Labute approximate surface area is 111 Å². The lowest BCUT2D eigenvalue weighted by molar-refractivity contribution is 1.31. The fraction of sp³-hybridized carbons (Fsp3) is 0.143. The van der Waals surface area contributed by atoms with Gasteiger partial charge in [-0.1, -0.05) is 0 Å². The second-order valence-corrected chi connectivity index (χ2v) is 6.29. The first-order valence-electron chi connectivity index (χ1n) is 3.29. The Morgan fingerprint density at radius 1 is 1.09 bits per heavy atom. The highest BCUT2D eigenvalue weighted by atomic mass is 127. The van der Waals surface area contributed by atoms with Crippen LogP contribution in [-0.4, -0.2) is 10.2 Å². The second kappa shape index (κ2) is 4.75. The summed E-state index contributed by atoms with van der Waals surface area (Å²) in [6.45, 7) is 0. The fourth-order valence-electron chi connectivity index (χ4n) is 0.893. The van der Waals surface area contributed by atoms with Gasteiger partial charge in [-0.05, 0) is 91.5 Å². The first kappa shape index (κ1) is 10.7. The predicted octanol–water partition coefficient (Wildman–Crippen LogP) is 2.37. The van der Waals surface area contributed by atoms with E-state index in [1.807, 2.05) is 0 Å². The van der Waals surface area contributed by atoms with Gasteiger partial charge < -0.3 is 0 Å². The summed E-state index contributed by atoms with van der Waals surface area (Å²) >= 11 is 7.25. The van der Waals surface area contributed by atoms with E-state index in [0.717, 1.165) is 0 Å². The standard InChI is InChI=1S/C7H7I3Si/c8-5-1-2-6(9)7(10)4(5)3-11/h1-2H,3H2,11H3. The Kier molecular flexibility index (Phi) is 4.62. The van der Waals surface area contributed by atoms with E-state index in [0.29, 0.717) is 0 Å². The van der Waals surface area contributed by atoms with Crippen LogP contribution in [0.25, 0.3) is 0 Å². The monoisotopic (exact) mass is 500 g/mol. The van der Waals surface area contributed by atoms with Gasteiger partial charge in [-0.2, -0.15) is 0 Å². The van der Waals surface area contributed by atoms with Gasteiger partial charge in [0.25, 0.3) is 0 Å². The van der Waals surface area contributed by atoms with Gasteiger partial charge in [0.15, 0.2) is 0 Å². The molecule has 0 saturated heterocycles. The first-order valence-corrected chi connectivity index (χ1v) is 7.94. The molecule has 60 valence electrons. The number of hydrogen-bond acceptors (Lipinski definition) is 0. The molecule has 4 heteroatoms. The summed E-state index contributed by atoms with van der Waals surface area (Å²) in [6.07, 6.45) is 0. The van der Waals surface area contributed by atoms with E-state index in [9.17, 15) is 0 Å². The molecular formula is C7H7I3Si. The van der Waals surface area contributed by atoms with E-state index in [1.165, 1.54) is 27.0 Å². The smallest absolute Gasteiger partial charge is 0.0303 e. The summed E-state index contributed by atoms with van der Waals surface area (Å²) in [7, 11) is 1.26. The Morgan fingerprint density at radius 3 is 2.09 bits per heavy atom. The first-order chi connectivity index (χ1) is 5.16. The SMILES string of the molecule is [SiH3]Cc1c(I)ccc(I)c1I. The van der Waals surface area contributed by atoms with E-state index in [1.54, 1.807) is 5.56 Å². The van der Waals surface area contributed by atoms with Gasteiger partial charge in [-0.3, -0.25) is 0 Å². The molecule has 0 nitrogen and oxygen atoms in total. The van der Waals surface area contributed by atoms with Gasteiger partial charge >= 0.3 is 0 Å². The molecule has 0 aliphatic heterocycles. The number of rotatable bonds is 1. The van der Waals surface area contributed by atoms with Crippen LogP contribution in [0, 0.1) is 10.7 Å². The molecule has 0 bridgehead atoms. The number of halogens is 3. The molecule has 0 aliphatic rings. The van der Waals surface area contributed by atoms with Crippen molar-refractivity contribution < 1.29 is 0 Å². The molecule has 0 aromatic heterocycles. The average molecular weight is 500 g/mol. The number of hydrogen-bond donors (Lipinski definition) is 0. The van der Waals surface area contributed by atoms with Crippen LogP contribution in [0.1, 0.15) is 5.56 Å². The maximum Gasteiger partial charge on any atom is 0.0303 e. The highest BCUT2D eigenvalue weighted by molar-refractivity contribution is 14.1. The number of benzene rings is 1. The molecule has 11 heavy (non-hydrogen) atoms. The predicted molar refractivity (Wildman–Crippen MR) is 78.2 cm³/mol. The summed E-state index contributed by atoms with van der Waals surface area (Å²) in [6, 6.07) is 5.66. The van der Waals surface area contributed by atoms with Gasteiger partial charge in [-0.25, -0.2) is 0 Å². The van der Waals surface area contributed by atoms with Crippen LogP contribution in [-0.2, 0) is 6.04 Å². The van der Waals surface area contributed by atoms with Crippen molar-refractivity contribution in [3.05, 3.63) is 28.4 Å². The van der Waals surface area contributed by atoms with Crippen molar-refractivity contribution in [2.45, 2.75) is 6.04 Å². The Morgan fingerprint density at radius 2 is 1.64 bits per heavy atom. The van der Waals surface area contributed by atoms with Crippen LogP contribution < -0.4 is 0 Å². The summed E-state index contributed by atoms with van der Waals surface area (Å²) in [5.41, 5.74) is 1.55. The lowest BCUT2D eigenvalue weighted by Gasteiger charge is -2.05. The van der Waals surface area contributed by atoms with Crippen LogP contribution in [0.5, 0.6) is 0 Å². The zero-order valence-corrected chi connectivity index (χ0v) is 14.5. The average Bonchev–Trinajstić information content (AvgIpc) is 1.99. The zero-order chi connectivity index (χ0) is 8.43. The summed E-state index contributed by atoms with van der Waals surface area (Å²) in [5, 5.41) is 0. The molecule has 0 atom stereocenters. The maximum absolute atomic E-state index is 2.44. The minimum atomic E-state index is 1.26. The molecule has 0 fully saturated rings. The largest absolute Gasteiger partial charge is 0.0474 e. The highest BCUT2D eigenvalue weighted by Crippen LogP contribution is 2.23. The minimum absolute atomic E-state index is 1.26. The van der Waals surface area contributed by atoms with Crippen molar-refractivity contribution >= 4 is 78.0 Å². The molecule has 1 rings (SSSR count). The highest BCUT2D eigenvalue weighted by Gasteiger charge is 2.04. The van der Waals surface area contributed by atoms with Crippen LogP contribution in [0.2, 0.25) is 0 Å². The zero-order valence-electron chi connectivity index (χ0n) is 6.00. The van der Waals surface area contributed by atoms with E-state index >= 15 is 0 Å². The summed E-state index contributed by atoms with van der Waals surface area (Å²) in [4.78, 5) is 0. The van der Waals surface area contributed by atoms with Crippen molar-refractivity contribution in [1.82, 2.24) is 0 Å². The molecule has 0 saturated carbocycles. The van der Waals surface area contributed by atoms with Crippen LogP contribution in [0.3, 0.4) is 0 Å². The van der Waals surface area contributed by atoms with Crippen molar-refractivity contribution in [1.29, 1.82) is 0 Å². The van der Waals surface area contributed by atoms with Gasteiger partial charge in [0.2, 0.25) is 0 Å². The molecule has 1 aromatic carbocycles. The summed E-state index contributed by atoms with van der Waals surface area (Å²) < 4.78 is 4.25. The Balaban J connectivity index is 3.29. The van der Waals surface area contributed by atoms with Crippen molar-refractivity contribution in [3.63, 3.8) is 0 Å². The van der Waals surface area contributed by atoms with E-state index in [2.05, 4.69) is 79.9 Å². The molecule has 0 amide bonds. The minimum Gasteiger partial charge on any atom is -0.0474 e. The molecule has 0 N–H and O–H groups in total. The molecule has 0 spiro atoms. The second-order valence-electron chi connectivity index (χ2n) is 2.18. The third kappa shape index (κ3) is 2.53. The maximum atomic E-state index is 2.44. The van der Waals surface area contributed by atoms with Gasteiger partial charge in [0.05, 0.1) is 0 Å². The molecule has 1 aromatic rings. The quantitative estimate of drug-likeness (QED) is 0.316. The van der Waals surface area contributed by atoms with Crippen molar-refractivity contribution in [3.8, 4) is 0 Å². The third-order valence-electron chi connectivity index (χ3n) is 1.49. The van der Waals surface area contributed by atoms with E-state index in [-0.39, 0.29) is 0 Å². The Hall–Kier alpha value is 1.63. The van der Waals surface area contributed by atoms with Crippen LogP contribution >= 0.6 is 67.8 Å². The van der Waals surface area contributed by atoms with Gasteiger partial charge in [-0.15, -0.1) is 0 Å². The van der Waals surface area contributed by atoms with E-state index in [4.69, 9.17) is 0 Å². The lowest BCUT2D eigenvalue weighted by atomic mass is 10.2. The fourth-order valence-corrected chi connectivity index (χ4v) is 5.77. The van der Waals surface area contributed by atoms with E-state index < -0.39 is 0 Å². The molecule has 0 aliphatic carbocycles.